The Hall–Kier alpha value is -4.85. The van der Waals surface area contributed by atoms with Gasteiger partial charge in [-0.1, -0.05) is 48.5 Å². The molecule has 0 saturated carbocycles. The maximum absolute atomic E-state index is 13.3. The lowest BCUT2D eigenvalue weighted by Gasteiger charge is -2.32. The smallest absolute Gasteiger partial charge is 0.326 e. The average molecular weight is 507 g/mol. The Morgan fingerprint density at radius 2 is 1.05 bits per heavy atom. The van der Waals surface area contributed by atoms with Gasteiger partial charge in [-0.3, -0.25) is 29.0 Å². The Morgan fingerprint density at radius 3 is 1.47 bits per heavy atom. The van der Waals surface area contributed by atoms with Crippen LogP contribution in [0.15, 0.2) is 72.8 Å². The Kier molecular flexibility index (Phi) is 5.52. The maximum atomic E-state index is 13.3. The molecule has 38 heavy (non-hydrogen) atoms. The number of benzene rings is 4. The molecule has 0 saturated heterocycles. The lowest BCUT2D eigenvalue weighted by atomic mass is 9.92. The highest BCUT2D eigenvalue weighted by Crippen LogP contribution is 2.33. The van der Waals surface area contributed by atoms with Gasteiger partial charge in [0.25, 0.3) is 23.6 Å². The summed E-state index contributed by atoms with van der Waals surface area (Å²) in [6.45, 7) is 0.0960. The second-order valence-electron chi connectivity index (χ2n) is 9.51. The van der Waals surface area contributed by atoms with Crippen LogP contribution in [-0.4, -0.2) is 57.1 Å². The number of imide groups is 2. The van der Waals surface area contributed by atoms with Crippen molar-refractivity contribution in [2.45, 2.75) is 25.3 Å². The zero-order valence-corrected chi connectivity index (χ0v) is 20.2. The molecule has 188 valence electrons. The molecule has 1 N–H and O–H groups in total. The molecular weight excluding hydrogens is 484 g/mol. The number of carbonyl (C=O) groups excluding carboxylic acids is 4. The van der Waals surface area contributed by atoms with Crippen molar-refractivity contribution in [3.63, 3.8) is 0 Å². The van der Waals surface area contributed by atoms with E-state index in [1.54, 1.807) is 60.7 Å². The molecule has 0 unspecified atom stereocenters. The number of hydrogen-bond acceptors (Lipinski definition) is 5. The largest absolute Gasteiger partial charge is 0.480 e. The monoisotopic (exact) mass is 506 g/mol. The quantitative estimate of drug-likeness (QED) is 0.292. The van der Waals surface area contributed by atoms with E-state index in [1.807, 2.05) is 12.1 Å². The molecule has 4 aromatic carbocycles. The second kappa shape index (κ2) is 8.92. The normalized spacial score (nSPS) is 15.5. The summed E-state index contributed by atoms with van der Waals surface area (Å²) in [6, 6.07) is 19.5. The first-order valence-electron chi connectivity index (χ1n) is 12.4. The highest BCUT2D eigenvalue weighted by Gasteiger charge is 2.40. The lowest BCUT2D eigenvalue weighted by molar-refractivity contribution is -0.142. The summed E-state index contributed by atoms with van der Waals surface area (Å²) < 4.78 is 0. The van der Waals surface area contributed by atoms with Crippen LogP contribution < -0.4 is 0 Å². The van der Waals surface area contributed by atoms with Crippen LogP contribution in [0.4, 0.5) is 0 Å². The molecule has 2 aliphatic heterocycles. The number of aliphatic carboxylic acids is 1. The van der Waals surface area contributed by atoms with E-state index in [9.17, 15) is 29.1 Å². The van der Waals surface area contributed by atoms with Gasteiger partial charge in [-0.05, 0) is 54.3 Å². The molecule has 0 fully saturated rings. The van der Waals surface area contributed by atoms with Gasteiger partial charge in [0.1, 0.15) is 6.04 Å². The molecule has 8 nitrogen and oxygen atoms in total. The van der Waals surface area contributed by atoms with E-state index in [1.165, 1.54) is 4.90 Å². The van der Waals surface area contributed by atoms with E-state index in [2.05, 4.69) is 0 Å². The Labute approximate surface area is 217 Å². The second-order valence-corrected chi connectivity index (χ2v) is 9.51. The summed E-state index contributed by atoms with van der Waals surface area (Å²) in [6.07, 6.45) is 0.595. The third-order valence-electron chi connectivity index (χ3n) is 7.36. The summed E-state index contributed by atoms with van der Waals surface area (Å²) in [5.74, 6) is -3.35. The van der Waals surface area contributed by atoms with Crippen molar-refractivity contribution in [2.24, 2.45) is 0 Å². The summed E-state index contributed by atoms with van der Waals surface area (Å²) in [5.41, 5.74) is 1.50. The Bertz CT molecular complexity index is 1610. The summed E-state index contributed by atoms with van der Waals surface area (Å²) in [7, 11) is 0. The number of carboxylic acids is 1. The first-order valence-corrected chi connectivity index (χ1v) is 12.4. The van der Waals surface area contributed by atoms with Crippen LogP contribution >= 0.6 is 0 Å². The highest BCUT2D eigenvalue weighted by molar-refractivity contribution is 6.27. The van der Waals surface area contributed by atoms with Crippen LogP contribution in [0, 0.1) is 0 Å². The zero-order valence-electron chi connectivity index (χ0n) is 20.2. The molecule has 0 aliphatic carbocycles. The molecule has 0 bridgehead atoms. The van der Waals surface area contributed by atoms with Gasteiger partial charge in [0.15, 0.2) is 0 Å². The first-order chi connectivity index (χ1) is 18.4. The molecule has 0 radical (unpaired) electrons. The van der Waals surface area contributed by atoms with Crippen LogP contribution in [0.2, 0.25) is 0 Å². The number of rotatable bonds is 7. The van der Waals surface area contributed by atoms with Crippen molar-refractivity contribution in [1.82, 2.24) is 9.80 Å². The van der Waals surface area contributed by atoms with Gasteiger partial charge in [0, 0.05) is 39.6 Å². The summed E-state index contributed by atoms with van der Waals surface area (Å²) in [4.78, 5) is 67.0. The number of amides is 4. The topological polar surface area (TPSA) is 112 Å². The number of carboxylic acid groups (broad SMARTS) is 1. The molecule has 0 spiro atoms. The molecule has 4 aromatic rings. The fourth-order valence-corrected chi connectivity index (χ4v) is 5.59. The Morgan fingerprint density at radius 1 is 0.632 bits per heavy atom. The predicted molar refractivity (Wildman–Crippen MR) is 139 cm³/mol. The van der Waals surface area contributed by atoms with E-state index in [0.717, 1.165) is 15.7 Å². The number of unbranched alkanes of at least 4 members (excludes halogenated alkanes) is 1. The molecule has 2 heterocycles. The minimum absolute atomic E-state index is 0.00660. The predicted octanol–water partition coefficient (Wildman–Crippen LogP) is 4.51. The third kappa shape index (κ3) is 3.48. The lowest BCUT2D eigenvalue weighted by Crippen LogP contribution is -2.50. The maximum Gasteiger partial charge on any atom is 0.326 e. The fraction of sp³-hybridized carbons (Fsp3) is 0.167. The van der Waals surface area contributed by atoms with Gasteiger partial charge in [-0.2, -0.15) is 0 Å². The SMILES string of the molecule is O=C(O)[C@H](CCCCN1C(=O)c2cccc3cccc(c23)C1=O)N1C(=O)c2cccc3cccc(c23)C1=O. The highest BCUT2D eigenvalue weighted by atomic mass is 16.4. The molecule has 1 atom stereocenters. The fourth-order valence-electron chi connectivity index (χ4n) is 5.59. The minimum atomic E-state index is -1.37. The van der Waals surface area contributed by atoms with Crippen LogP contribution in [0.25, 0.3) is 21.5 Å². The standard InChI is InChI=1S/C30H22N2O6/c33-26-19-11-3-7-17-8-4-12-20(24(17)19)27(34)31(26)16-2-1-15-23(30(37)38)32-28(35)21-13-5-9-18-10-6-14-22(25(18)21)29(32)36/h3-14,23H,1-2,15-16H2,(H,37,38)/t23-/m0/s1. The van der Waals surface area contributed by atoms with Gasteiger partial charge < -0.3 is 5.11 Å². The molecule has 0 aromatic heterocycles. The number of carbonyl (C=O) groups is 5. The van der Waals surface area contributed by atoms with Crippen molar-refractivity contribution >= 4 is 51.1 Å². The molecular formula is C30H22N2O6. The van der Waals surface area contributed by atoms with Crippen molar-refractivity contribution in [1.29, 1.82) is 0 Å². The van der Waals surface area contributed by atoms with Crippen molar-refractivity contribution in [3.8, 4) is 0 Å². The van der Waals surface area contributed by atoms with Crippen LogP contribution in [0.1, 0.15) is 60.7 Å². The number of nitrogens with zero attached hydrogens (tertiary/aromatic N) is 2. The molecule has 2 aliphatic rings. The van der Waals surface area contributed by atoms with E-state index >= 15 is 0 Å². The number of hydrogen-bond donors (Lipinski definition) is 1. The molecule has 6 rings (SSSR count). The van der Waals surface area contributed by atoms with Gasteiger partial charge in [-0.15, -0.1) is 0 Å². The van der Waals surface area contributed by atoms with Crippen LogP contribution in [-0.2, 0) is 4.79 Å². The van der Waals surface area contributed by atoms with Crippen molar-refractivity contribution < 1.29 is 29.1 Å². The van der Waals surface area contributed by atoms with Gasteiger partial charge in [0.05, 0.1) is 0 Å². The summed E-state index contributed by atoms with van der Waals surface area (Å²) >= 11 is 0. The van der Waals surface area contributed by atoms with Crippen molar-refractivity contribution in [2.75, 3.05) is 6.54 Å². The molecule has 8 heteroatoms. The molecule has 4 amide bonds. The van der Waals surface area contributed by atoms with E-state index in [-0.39, 0.29) is 31.2 Å². The zero-order chi connectivity index (χ0) is 26.6. The van der Waals surface area contributed by atoms with Crippen LogP contribution in [0.3, 0.4) is 0 Å². The van der Waals surface area contributed by atoms with E-state index in [4.69, 9.17) is 0 Å². The Balaban J connectivity index is 1.19. The van der Waals surface area contributed by atoms with Gasteiger partial charge in [0.2, 0.25) is 0 Å². The van der Waals surface area contributed by atoms with Crippen LogP contribution in [0.5, 0.6) is 0 Å². The van der Waals surface area contributed by atoms with E-state index < -0.39 is 23.8 Å². The van der Waals surface area contributed by atoms with Gasteiger partial charge >= 0.3 is 5.97 Å². The summed E-state index contributed by atoms with van der Waals surface area (Å²) in [5, 5.41) is 12.7. The average Bonchev–Trinajstić information content (AvgIpc) is 2.92. The van der Waals surface area contributed by atoms with Crippen molar-refractivity contribution in [3.05, 3.63) is 95.1 Å². The first kappa shape index (κ1) is 23.5. The van der Waals surface area contributed by atoms with E-state index in [0.29, 0.717) is 39.4 Å². The third-order valence-corrected chi connectivity index (χ3v) is 7.36. The van der Waals surface area contributed by atoms with Gasteiger partial charge in [-0.25, -0.2) is 4.79 Å². The minimum Gasteiger partial charge on any atom is -0.480 e.